The predicted octanol–water partition coefficient (Wildman–Crippen LogP) is 3.35. The van der Waals surface area contributed by atoms with Crippen LogP contribution in [0.3, 0.4) is 0 Å². The number of nitrogens with zero attached hydrogens (tertiary/aromatic N) is 1. The molecule has 0 radical (unpaired) electrons. The van der Waals surface area contributed by atoms with Crippen LogP contribution in [0, 0.1) is 5.41 Å². The van der Waals surface area contributed by atoms with Gasteiger partial charge in [0.25, 0.3) is 0 Å². The number of aromatic amines is 1. The number of carbonyl (C=O) groups excluding carboxylic acids is 1. The number of carbonyl (C=O) groups is 1. The van der Waals surface area contributed by atoms with Crippen LogP contribution < -0.4 is 5.73 Å². The minimum atomic E-state index is 0.605. The summed E-state index contributed by atoms with van der Waals surface area (Å²) in [7, 11) is 0. The summed E-state index contributed by atoms with van der Waals surface area (Å²) >= 11 is 0. The zero-order valence-corrected chi connectivity index (χ0v) is 12.6. The first-order valence-electron chi connectivity index (χ1n) is 7.62. The number of imidazole rings is 1. The van der Waals surface area contributed by atoms with Crippen LogP contribution in [0.25, 0.3) is 11.3 Å². The van der Waals surface area contributed by atoms with Crippen molar-refractivity contribution in [1.29, 1.82) is 5.41 Å². The number of aromatic nitrogens is 2. The van der Waals surface area contributed by atoms with Gasteiger partial charge in [0, 0.05) is 35.9 Å². The van der Waals surface area contributed by atoms with E-state index in [1.54, 1.807) is 0 Å². The van der Waals surface area contributed by atoms with Gasteiger partial charge in [-0.25, -0.2) is 4.98 Å². The number of aryl methyl sites for hydroxylation is 1. The van der Waals surface area contributed by atoms with Crippen molar-refractivity contribution in [3.8, 4) is 11.3 Å². The third-order valence-corrected chi connectivity index (χ3v) is 3.67. The number of unbranched alkanes of at least 4 members (excludes halogenated alkanes) is 4. The maximum atomic E-state index is 10.2. The summed E-state index contributed by atoms with van der Waals surface area (Å²) in [5, 5.41) is 7.36. The molecule has 116 valence electrons. The fourth-order valence-corrected chi connectivity index (χ4v) is 2.38. The van der Waals surface area contributed by atoms with Crippen LogP contribution in [-0.4, -0.2) is 22.5 Å². The zero-order chi connectivity index (χ0) is 15.8. The number of nitrogens with one attached hydrogen (secondary N) is 2. The third-order valence-electron chi connectivity index (χ3n) is 3.67. The molecule has 0 atom stereocenters. The summed E-state index contributed by atoms with van der Waals surface area (Å²) < 4.78 is 0. The normalized spacial score (nSPS) is 10.5. The Bertz CT molecular complexity index is 633. The van der Waals surface area contributed by atoms with Gasteiger partial charge in [-0.1, -0.05) is 18.9 Å². The van der Waals surface area contributed by atoms with Gasteiger partial charge in [0.1, 0.15) is 12.1 Å². The Balaban J connectivity index is 1.91. The van der Waals surface area contributed by atoms with Gasteiger partial charge in [0.05, 0.1) is 11.9 Å². The predicted molar refractivity (Wildman–Crippen MR) is 89.2 cm³/mol. The minimum Gasteiger partial charge on any atom is -0.398 e. The van der Waals surface area contributed by atoms with Crippen molar-refractivity contribution in [2.45, 2.75) is 38.5 Å². The summed E-state index contributed by atoms with van der Waals surface area (Å²) in [5.41, 5.74) is 9.04. The highest BCUT2D eigenvalue weighted by Gasteiger charge is 2.05. The van der Waals surface area contributed by atoms with Gasteiger partial charge in [-0.05, 0) is 25.0 Å². The van der Waals surface area contributed by atoms with Crippen LogP contribution in [0.4, 0.5) is 5.69 Å². The number of benzene rings is 1. The third kappa shape index (κ3) is 4.28. The highest BCUT2D eigenvalue weighted by molar-refractivity contribution is 5.87. The summed E-state index contributed by atoms with van der Waals surface area (Å²) in [6.07, 6.45) is 9.88. The van der Waals surface area contributed by atoms with Crippen LogP contribution in [0.5, 0.6) is 0 Å². The second-order valence-electron chi connectivity index (χ2n) is 5.35. The van der Waals surface area contributed by atoms with Crippen molar-refractivity contribution >= 4 is 18.2 Å². The Morgan fingerprint density at radius 3 is 2.82 bits per heavy atom. The standard InChI is InChI=1S/C17H22N4O/c18-11-14-10-13(7-8-15(14)19)16-12-20-17(21-16)6-4-2-1-3-5-9-22/h7-12,18H,1-6,19H2,(H,20,21). The molecule has 5 heteroatoms. The zero-order valence-electron chi connectivity index (χ0n) is 12.6. The van der Waals surface area contributed by atoms with Crippen molar-refractivity contribution in [2.24, 2.45) is 0 Å². The van der Waals surface area contributed by atoms with E-state index in [2.05, 4.69) is 9.97 Å². The maximum absolute atomic E-state index is 10.2. The molecule has 2 rings (SSSR count). The summed E-state index contributed by atoms with van der Waals surface area (Å²) in [5.74, 6) is 0.971. The molecule has 0 saturated carbocycles. The Morgan fingerprint density at radius 2 is 2.05 bits per heavy atom. The van der Waals surface area contributed by atoms with E-state index in [-0.39, 0.29) is 0 Å². The number of aldehydes is 1. The fraction of sp³-hybridized carbons (Fsp3) is 0.353. The summed E-state index contributed by atoms with van der Waals surface area (Å²) in [4.78, 5) is 17.9. The maximum Gasteiger partial charge on any atom is 0.119 e. The van der Waals surface area contributed by atoms with Crippen LogP contribution in [0.1, 0.15) is 43.5 Å². The lowest BCUT2D eigenvalue weighted by atomic mass is 10.1. The molecule has 0 saturated heterocycles. The lowest BCUT2D eigenvalue weighted by molar-refractivity contribution is -0.107. The largest absolute Gasteiger partial charge is 0.398 e. The van der Waals surface area contributed by atoms with E-state index in [0.29, 0.717) is 17.7 Å². The van der Waals surface area contributed by atoms with Gasteiger partial charge in [-0.15, -0.1) is 0 Å². The van der Waals surface area contributed by atoms with Crippen molar-refractivity contribution in [1.82, 2.24) is 9.97 Å². The highest BCUT2D eigenvalue weighted by Crippen LogP contribution is 2.22. The lowest BCUT2D eigenvalue weighted by Gasteiger charge is -2.03. The molecule has 1 aromatic carbocycles. The number of H-pyrrole nitrogens is 1. The van der Waals surface area contributed by atoms with E-state index in [4.69, 9.17) is 11.1 Å². The summed E-state index contributed by atoms with van der Waals surface area (Å²) in [6, 6.07) is 5.63. The number of nitrogens with two attached hydrogens (primary N) is 1. The van der Waals surface area contributed by atoms with E-state index in [1.165, 1.54) is 6.21 Å². The van der Waals surface area contributed by atoms with Gasteiger partial charge in [-0.3, -0.25) is 0 Å². The van der Waals surface area contributed by atoms with Crippen LogP contribution in [0.15, 0.2) is 24.4 Å². The van der Waals surface area contributed by atoms with Crippen LogP contribution in [0.2, 0.25) is 0 Å². The monoisotopic (exact) mass is 298 g/mol. The molecule has 0 aliphatic rings. The van der Waals surface area contributed by atoms with E-state index >= 15 is 0 Å². The van der Waals surface area contributed by atoms with Crippen molar-refractivity contribution in [3.63, 3.8) is 0 Å². The van der Waals surface area contributed by atoms with E-state index in [9.17, 15) is 4.79 Å². The van der Waals surface area contributed by atoms with Gasteiger partial charge in [0.15, 0.2) is 0 Å². The highest BCUT2D eigenvalue weighted by atomic mass is 16.1. The topological polar surface area (TPSA) is 95.6 Å². The minimum absolute atomic E-state index is 0.605. The van der Waals surface area contributed by atoms with Gasteiger partial charge < -0.3 is 20.9 Å². The first-order chi connectivity index (χ1) is 10.7. The molecule has 0 spiro atoms. The van der Waals surface area contributed by atoms with E-state index in [1.807, 2.05) is 24.4 Å². The molecule has 0 aliphatic carbocycles. The Kier molecular flexibility index (Phi) is 5.89. The molecule has 0 fully saturated rings. The van der Waals surface area contributed by atoms with Gasteiger partial charge in [0.2, 0.25) is 0 Å². The van der Waals surface area contributed by atoms with Gasteiger partial charge in [-0.2, -0.15) is 0 Å². The molecule has 0 aliphatic heterocycles. The average Bonchev–Trinajstić information content (AvgIpc) is 3.00. The number of hydrogen-bond acceptors (Lipinski definition) is 4. The molecule has 4 N–H and O–H groups in total. The first kappa shape index (κ1) is 15.9. The van der Waals surface area contributed by atoms with Crippen molar-refractivity contribution in [3.05, 3.63) is 35.8 Å². The Labute approximate surface area is 130 Å². The Morgan fingerprint density at radius 1 is 1.23 bits per heavy atom. The van der Waals surface area contributed by atoms with E-state index < -0.39 is 0 Å². The molecule has 0 unspecified atom stereocenters. The average molecular weight is 298 g/mol. The molecule has 2 aromatic rings. The molecular weight excluding hydrogens is 276 g/mol. The van der Waals surface area contributed by atoms with E-state index in [0.717, 1.165) is 55.5 Å². The molecule has 1 heterocycles. The molecule has 22 heavy (non-hydrogen) atoms. The molecule has 0 amide bonds. The smallest absolute Gasteiger partial charge is 0.119 e. The summed E-state index contributed by atoms with van der Waals surface area (Å²) in [6.45, 7) is 0. The fourth-order valence-electron chi connectivity index (χ4n) is 2.38. The molecule has 5 nitrogen and oxygen atoms in total. The molecule has 1 aromatic heterocycles. The SMILES string of the molecule is N=Cc1cc(-c2cnc(CCCCCCC=O)[nH]2)ccc1N. The van der Waals surface area contributed by atoms with Crippen LogP contribution >= 0.6 is 0 Å². The van der Waals surface area contributed by atoms with Gasteiger partial charge >= 0.3 is 0 Å². The second kappa shape index (κ2) is 8.12. The Hall–Kier alpha value is -2.43. The molecule has 0 bridgehead atoms. The second-order valence-corrected chi connectivity index (χ2v) is 5.35. The number of hydrogen-bond donors (Lipinski definition) is 3. The van der Waals surface area contributed by atoms with Crippen molar-refractivity contribution in [2.75, 3.05) is 5.73 Å². The first-order valence-corrected chi connectivity index (χ1v) is 7.62. The number of rotatable bonds is 9. The van der Waals surface area contributed by atoms with Crippen molar-refractivity contribution < 1.29 is 4.79 Å². The van der Waals surface area contributed by atoms with Crippen LogP contribution in [-0.2, 0) is 11.2 Å². The quantitative estimate of drug-likeness (QED) is 0.287. The number of nitrogen functional groups attached to an aromatic ring is 1. The lowest BCUT2D eigenvalue weighted by Crippen LogP contribution is -1.93. The molecular formula is C17H22N4O. The number of anilines is 1.